The Morgan fingerprint density at radius 1 is 1.03 bits per heavy atom. The van der Waals surface area contributed by atoms with E-state index >= 15 is 0 Å². The summed E-state index contributed by atoms with van der Waals surface area (Å²) < 4.78 is 11.3. The molecule has 2 aromatic rings. The van der Waals surface area contributed by atoms with Gasteiger partial charge in [0.15, 0.2) is 0 Å². The second kappa shape index (κ2) is 11.0. The van der Waals surface area contributed by atoms with E-state index in [0.717, 1.165) is 51.0 Å². The fourth-order valence-electron chi connectivity index (χ4n) is 8.22. The van der Waals surface area contributed by atoms with Gasteiger partial charge < -0.3 is 19.7 Å². The van der Waals surface area contributed by atoms with Crippen LogP contribution in [-0.2, 0) is 14.9 Å². The minimum absolute atomic E-state index is 0.0568. The van der Waals surface area contributed by atoms with E-state index in [1.54, 1.807) is 14.2 Å². The zero-order chi connectivity index (χ0) is 26.1. The van der Waals surface area contributed by atoms with Crippen LogP contribution in [0.1, 0.15) is 86.6 Å². The fraction of sp³-hybridized carbons (Fsp3) is 0.625. The molecule has 1 N–H and O–H groups in total. The molecule has 2 aliphatic carbocycles. The number of pyridine rings is 1. The molecule has 3 heterocycles. The Labute approximate surface area is 227 Å². The number of nitrogens with zero attached hydrogens (tertiary/aromatic N) is 2. The number of fused-ring (bicyclic) bond motifs is 2. The van der Waals surface area contributed by atoms with Crippen LogP contribution in [0, 0.1) is 11.8 Å². The highest BCUT2D eigenvalue weighted by atomic mass is 16.5. The Morgan fingerprint density at radius 3 is 2.61 bits per heavy atom. The van der Waals surface area contributed by atoms with E-state index < -0.39 is 0 Å². The zero-order valence-electron chi connectivity index (χ0n) is 23.0. The van der Waals surface area contributed by atoms with Gasteiger partial charge in [0, 0.05) is 44.3 Å². The minimum Gasteiger partial charge on any atom is -0.481 e. The molecule has 1 amide bonds. The van der Waals surface area contributed by atoms with Gasteiger partial charge in [0.05, 0.1) is 24.8 Å². The summed E-state index contributed by atoms with van der Waals surface area (Å²) in [5.41, 5.74) is 3.32. The Bertz CT molecular complexity index is 1120. The summed E-state index contributed by atoms with van der Waals surface area (Å²) in [7, 11) is 3.41. The highest BCUT2D eigenvalue weighted by Gasteiger charge is 2.54. The molecule has 38 heavy (non-hydrogen) atoms. The van der Waals surface area contributed by atoms with Gasteiger partial charge in [0.25, 0.3) is 0 Å². The molecule has 2 aliphatic heterocycles. The number of aromatic nitrogens is 1. The average Bonchev–Trinajstić information content (AvgIpc) is 3.41. The van der Waals surface area contributed by atoms with Gasteiger partial charge in [-0.25, -0.2) is 4.98 Å². The van der Waals surface area contributed by atoms with Crippen LogP contribution < -0.4 is 10.1 Å². The maximum atomic E-state index is 14.7. The van der Waals surface area contributed by atoms with Gasteiger partial charge in [-0.15, -0.1) is 0 Å². The monoisotopic (exact) mass is 517 g/mol. The van der Waals surface area contributed by atoms with Gasteiger partial charge >= 0.3 is 0 Å². The van der Waals surface area contributed by atoms with Crippen molar-refractivity contribution in [2.24, 2.45) is 11.8 Å². The molecule has 0 bridgehead atoms. The number of amides is 1. The van der Waals surface area contributed by atoms with Gasteiger partial charge in [-0.1, -0.05) is 55.7 Å². The van der Waals surface area contributed by atoms with Gasteiger partial charge in [0.1, 0.15) is 0 Å². The summed E-state index contributed by atoms with van der Waals surface area (Å²) in [5, 5.41) is 3.64. The first-order chi connectivity index (χ1) is 18.6. The predicted molar refractivity (Wildman–Crippen MR) is 148 cm³/mol. The molecule has 1 spiro atoms. The van der Waals surface area contributed by atoms with Crippen molar-refractivity contribution in [2.45, 2.75) is 81.3 Å². The topological polar surface area (TPSA) is 63.7 Å². The van der Waals surface area contributed by atoms with E-state index in [1.165, 1.54) is 43.2 Å². The quantitative estimate of drug-likeness (QED) is 0.577. The molecule has 204 valence electrons. The average molecular weight is 518 g/mol. The van der Waals surface area contributed by atoms with Crippen molar-refractivity contribution in [1.29, 1.82) is 0 Å². The molecule has 1 saturated carbocycles. The zero-order valence-corrected chi connectivity index (χ0v) is 23.0. The van der Waals surface area contributed by atoms with Gasteiger partial charge in [-0.05, 0) is 61.5 Å². The maximum absolute atomic E-state index is 14.7. The van der Waals surface area contributed by atoms with E-state index in [-0.39, 0.29) is 17.4 Å². The Kier molecular flexibility index (Phi) is 7.45. The molecule has 0 radical (unpaired) electrons. The number of carbonyl (C=O) groups is 1. The number of likely N-dealkylation sites (tertiary alicyclic amines) is 1. The van der Waals surface area contributed by atoms with Crippen LogP contribution in [0.25, 0.3) is 0 Å². The molecular weight excluding hydrogens is 474 g/mol. The lowest BCUT2D eigenvalue weighted by Gasteiger charge is -2.48. The van der Waals surface area contributed by atoms with Crippen molar-refractivity contribution >= 4 is 5.91 Å². The standard InChI is InChI=1S/C32H43N3O3/c1-37-28-15-17-32(25-13-14-29(38-2)34-30(25)28)21-33-20-26(32)31(36)35-18-16-24(22-9-5-3-6-10-22)19-27(35)23-11-7-4-8-12-23/h3,5-6,9-10,13-14,23-24,26-28,33H,4,7-8,11-12,15-21H2,1-2H3/t24-,26?,27+,28?,32+/m1/s1. The Balaban J connectivity index is 1.31. The second-order valence-corrected chi connectivity index (χ2v) is 12.0. The largest absolute Gasteiger partial charge is 0.481 e. The summed E-state index contributed by atoms with van der Waals surface area (Å²) >= 11 is 0. The summed E-state index contributed by atoms with van der Waals surface area (Å²) in [5.74, 6) is 2.05. The van der Waals surface area contributed by atoms with Crippen LogP contribution in [0.4, 0.5) is 0 Å². The third-order valence-corrected chi connectivity index (χ3v) is 10.2. The van der Waals surface area contributed by atoms with E-state index in [9.17, 15) is 4.79 Å². The van der Waals surface area contributed by atoms with Crippen molar-refractivity contribution < 1.29 is 14.3 Å². The molecule has 4 aliphatic rings. The molecule has 3 fully saturated rings. The number of rotatable bonds is 5. The maximum Gasteiger partial charge on any atom is 0.228 e. The first-order valence-electron chi connectivity index (χ1n) is 14.8. The lowest BCUT2D eigenvalue weighted by atomic mass is 9.64. The van der Waals surface area contributed by atoms with Gasteiger partial charge in [0.2, 0.25) is 11.8 Å². The van der Waals surface area contributed by atoms with E-state index in [4.69, 9.17) is 14.5 Å². The Morgan fingerprint density at radius 2 is 1.84 bits per heavy atom. The van der Waals surface area contributed by atoms with Crippen molar-refractivity contribution in [2.75, 3.05) is 33.9 Å². The number of ether oxygens (including phenoxy) is 2. The van der Waals surface area contributed by atoms with E-state index in [0.29, 0.717) is 29.7 Å². The number of benzene rings is 1. The third-order valence-electron chi connectivity index (χ3n) is 10.2. The second-order valence-electron chi connectivity index (χ2n) is 12.0. The summed E-state index contributed by atoms with van der Waals surface area (Å²) in [6, 6.07) is 15.4. The van der Waals surface area contributed by atoms with E-state index in [1.807, 2.05) is 6.07 Å². The number of methoxy groups -OCH3 is 2. The van der Waals surface area contributed by atoms with Gasteiger partial charge in [-0.3, -0.25) is 4.79 Å². The first-order valence-corrected chi connectivity index (χ1v) is 14.8. The Hall–Kier alpha value is -2.44. The van der Waals surface area contributed by atoms with Crippen LogP contribution in [0.3, 0.4) is 0 Å². The molecule has 5 atom stereocenters. The fourth-order valence-corrected chi connectivity index (χ4v) is 8.22. The first kappa shape index (κ1) is 25.8. The van der Waals surface area contributed by atoms with Gasteiger partial charge in [-0.2, -0.15) is 0 Å². The molecule has 1 aromatic heterocycles. The van der Waals surface area contributed by atoms with Crippen molar-refractivity contribution in [3.05, 3.63) is 59.3 Å². The van der Waals surface area contributed by atoms with Crippen molar-refractivity contribution in [1.82, 2.24) is 15.2 Å². The molecule has 6 rings (SSSR count). The summed E-state index contributed by atoms with van der Waals surface area (Å²) in [6.07, 6.45) is 10.3. The number of nitrogens with one attached hydrogen (secondary N) is 1. The predicted octanol–water partition coefficient (Wildman–Crippen LogP) is 5.38. The lowest BCUT2D eigenvalue weighted by molar-refractivity contribution is -0.143. The summed E-state index contributed by atoms with van der Waals surface area (Å²) in [4.78, 5) is 21.8. The molecule has 2 saturated heterocycles. The number of piperidine rings is 1. The molecule has 1 aromatic carbocycles. The summed E-state index contributed by atoms with van der Waals surface area (Å²) in [6.45, 7) is 2.41. The number of hydrogen-bond donors (Lipinski definition) is 1. The molecule has 6 heteroatoms. The van der Waals surface area contributed by atoms with Crippen LogP contribution in [0.2, 0.25) is 0 Å². The van der Waals surface area contributed by atoms with E-state index in [2.05, 4.69) is 46.6 Å². The van der Waals surface area contributed by atoms with Crippen LogP contribution in [0.5, 0.6) is 5.88 Å². The number of hydrogen-bond acceptors (Lipinski definition) is 5. The van der Waals surface area contributed by atoms with Crippen LogP contribution >= 0.6 is 0 Å². The smallest absolute Gasteiger partial charge is 0.228 e. The highest BCUT2D eigenvalue weighted by Crippen LogP contribution is 2.50. The SMILES string of the molecule is COc1ccc2c(n1)C(OC)CC[C@]21CNCC1C(=O)N1CC[C@@H](c2ccccc2)C[C@H]1C1CCCCC1. The van der Waals surface area contributed by atoms with Crippen LogP contribution in [0.15, 0.2) is 42.5 Å². The normalized spacial score (nSPS) is 31.8. The third kappa shape index (κ3) is 4.54. The van der Waals surface area contributed by atoms with Crippen LogP contribution in [-0.4, -0.2) is 55.7 Å². The molecule has 2 unspecified atom stereocenters. The van der Waals surface area contributed by atoms with Crippen molar-refractivity contribution in [3.8, 4) is 5.88 Å². The minimum atomic E-state index is -0.242. The number of carbonyl (C=O) groups excluding carboxylic acids is 1. The molecular formula is C32H43N3O3. The molecule has 6 nitrogen and oxygen atoms in total. The lowest BCUT2D eigenvalue weighted by Crippen LogP contribution is -2.55. The van der Waals surface area contributed by atoms with Crippen molar-refractivity contribution in [3.63, 3.8) is 0 Å². The highest BCUT2D eigenvalue weighted by molar-refractivity contribution is 5.82.